The lowest BCUT2D eigenvalue weighted by atomic mass is 9.98. The summed E-state index contributed by atoms with van der Waals surface area (Å²) in [6.45, 7) is 6.36. The lowest BCUT2D eigenvalue weighted by molar-refractivity contribution is 0.394. The van der Waals surface area contributed by atoms with Crippen LogP contribution in [0.3, 0.4) is 0 Å². The number of aromatic nitrogens is 5. The molecule has 3 aromatic rings. The van der Waals surface area contributed by atoms with E-state index in [0.717, 1.165) is 52.8 Å². The van der Waals surface area contributed by atoms with Crippen molar-refractivity contribution < 1.29 is 0 Å². The van der Waals surface area contributed by atoms with Gasteiger partial charge in [0, 0.05) is 30.1 Å². The molecule has 2 aromatic heterocycles. The van der Waals surface area contributed by atoms with Crippen molar-refractivity contribution in [3.8, 4) is 5.69 Å². The molecule has 0 spiro atoms. The normalized spacial score (nSPS) is 17.8. The minimum absolute atomic E-state index is 0.0303. The van der Waals surface area contributed by atoms with E-state index in [1.807, 2.05) is 37.0 Å². The van der Waals surface area contributed by atoms with Gasteiger partial charge in [0.1, 0.15) is 11.9 Å². The van der Waals surface area contributed by atoms with Crippen LogP contribution in [0.4, 0.5) is 0 Å². The van der Waals surface area contributed by atoms with E-state index in [-0.39, 0.29) is 6.17 Å². The van der Waals surface area contributed by atoms with E-state index in [0.29, 0.717) is 5.92 Å². The molecule has 0 saturated heterocycles. The zero-order chi connectivity index (χ0) is 21.1. The highest BCUT2D eigenvalue weighted by molar-refractivity contribution is 5.94. The van der Waals surface area contributed by atoms with Gasteiger partial charge in [0.25, 0.3) is 0 Å². The zero-order valence-corrected chi connectivity index (χ0v) is 18.1. The number of nitrogens with one attached hydrogen (secondary N) is 1. The molecular formula is C23H29N7. The molecule has 7 nitrogen and oxygen atoms in total. The minimum atomic E-state index is 0.0303. The molecule has 1 aromatic carbocycles. The Kier molecular flexibility index (Phi) is 5.79. The van der Waals surface area contributed by atoms with Crippen LogP contribution in [0.25, 0.3) is 22.2 Å². The van der Waals surface area contributed by atoms with Gasteiger partial charge in [-0.2, -0.15) is 5.10 Å². The maximum atomic E-state index is 4.58. The third kappa shape index (κ3) is 3.79. The van der Waals surface area contributed by atoms with Crippen LogP contribution in [-0.4, -0.2) is 49.5 Å². The summed E-state index contributed by atoms with van der Waals surface area (Å²) < 4.78 is 1.87. The second-order valence-corrected chi connectivity index (χ2v) is 7.71. The number of H-pyrrole nitrogens is 1. The monoisotopic (exact) mass is 403 g/mol. The predicted molar refractivity (Wildman–Crippen MR) is 122 cm³/mol. The number of nitrogens with zero attached hydrogens (tertiary/aromatic N) is 6. The molecule has 0 amide bonds. The molecule has 0 radical (unpaired) electrons. The van der Waals surface area contributed by atoms with Crippen molar-refractivity contribution >= 4 is 22.7 Å². The molecule has 156 valence electrons. The Balaban J connectivity index is 1.67. The van der Waals surface area contributed by atoms with Crippen molar-refractivity contribution in [3.63, 3.8) is 0 Å². The van der Waals surface area contributed by atoms with E-state index >= 15 is 0 Å². The molecule has 0 aliphatic carbocycles. The van der Waals surface area contributed by atoms with Crippen LogP contribution in [0, 0.1) is 0 Å². The molecule has 1 N–H and O–H groups in total. The van der Waals surface area contributed by atoms with Gasteiger partial charge in [0.05, 0.1) is 23.1 Å². The number of rotatable bonds is 7. The largest absolute Gasteiger partial charge is 0.355 e. The topological polar surface area (TPSA) is 75.0 Å². The first-order valence-electron chi connectivity index (χ1n) is 10.7. The average Bonchev–Trinajstić information content (AvgIpc) is 3.40. The van der Waals surface area contributed by atoms with Crippen LogP contribution in [0.2, 0.25) is 0 Å². The number of benzene rings is 1. The summed E-state index contributed by atoms with van der Waals surface area (Å²) in [6.07, 6.45) is 13.5. The fourth-order valence-corrected chi connectivity index (χ4v) is 3.98. The smallest absolute Gasteiger partial charge is 0.139 e. The fraction of sp³-hybridized carbons (Fsp3) is 0.391. The van der Waals surface area contributed by atoms with Gasteiger partial charge in [0.15, 0.2) is 0 Å². The molecule has 0 bridgehead atoms. The van der Waals surface area contributed by atoms with Crippen LogP contribution >= 0.6 is 0 Å². The standard InChI is InChI=1S/C23H29N7/c1-5-8-16(6-2)21-15-30(28-26-21)18-10-11-20-19(13-18)23(27-25-20)17-9-12-22(24-7-3)29(4)14-17/h7,9-16,22H,5-6,8H2,1-4H3,(H,25,27). The van der Waals surface area contributed by atoms with Gasteiger partial charge in [-0.1, -0.05) is 31.6 Å². The van der Waals surface area contributed by atoms with Crippen molar-refractivity contribution in [1.82, 2.24) is 30.1 Å². The van der Waals surface area contributed by atoms with E-state index < -0.39 is 0 Å². The second kappa shape index (κ2) is 8.65. The Morgan fingerprint density at radius 3 is 2.90 bits per heavy atom. The lowest BCUT2D eigenvalue weighted by Gasteiger charge is -2.24. The number of hydrogen-bond acceptors (Lipinski definition) is 5. The number of allylic oxidation sites excluding steroid dienone is 2. The van der Waals surface area contributed by atoms with Crippen LogP contribution < -0.4 is 0 Å². The van der Waals surface area contributed by atoms with Crippen LogP contribution in [0.15, 0.2) is 47.7 Å². The summed E-state index contributed by atoms with van der Waals surface area (Å²) >= 11 is 0. The first-order valence-corrected chi connectivity index (χ1v) is 10.7. The average molecular weight is 404 g/mol. The van der Waals surface area contributed by atoms with Gasteiger partial charge in [-0.05, 0) is 50.3 Å². The Hall–Kier alpha value is -3.22. The predicted octanol–water partition coefficient (Wildman–Crippen LogP) is 4.70. The van der Waals surface area contributed by atoms with E-state index in [9.17, 15) is 0 Å². The Bertz CT molecular complexity index is 1100. The van der Waals surface area contributed by atoms with Gasteiger partial charge in [-0.3, -0.25) is 10.1 Å². The van der Waals surface area contributed by atoms with Crippen LogP contribution in [0.5, 0.6) is 0 Å². The maximum absolute atomic E-state index is 4.58. The van der Waals surface area contributed by atoms with Crippen molar-refractivity contribution in [2.45, 2.75) is 52.1 Å². The molecule has 30 heavy (non-hydrogen) atoms. The van der Waals surface area contributed by atoms with Gasteiger partial charge < -0.3 is 4.90 Å². The summed E-state index contributed by atoms with van der Waals surface area (Å²) in [6, 6.07) is 6.22. The summed E-state index contributed by atoms with van der Waals surface area (Å²) in [5.74, 6) is 0.462. The molecule has 0 fully saturated rings. The molecule has 4 rings (SSSR count). The van der Waals surface area contributed by atoms with E-state index in [4.69, 9.17) is 0 Å². The summed E-state index contributed by atoms with van der Waals surface area (Å²) in [4.78, 5) is 6.54. The number of fused-ring (bicyclic) bond motifs is 1. The van der Waals surface area contributed by atoms with Crippen molar-refractivity contribution in [3.05, 3.63) is 54.1 Å². The third-order valence-electron chi connectivity index (χ3n) is 5.65. The summed E-state index contributed by atoms with van der Waals surface area (Å²) in [5.41, 5.74) is 5.02. The van der Waals surface area contributed by atoms with Crippen LogP contribution in [-0.2, 0) is 0 Å². The Morgan fingerprint density at radius 2 is 2.17 bits per heavy atom. The Morgan fingerprint density at radius 1 is 1.30 bits per heavy atom. The number of aliphatic imine (C=N–C) groups is 1. The minimum Gasteiger partial charge on any atom is -0.355 e. The number of hydrogen-bond donors (Lipinski definition) is 1. The van der Waals surface area contributed by atoms with Gasteiger partial charge in [-0.15, -0.1) is 5.10 Å². The fourth-order valence-electron chi connectivity index (χ4n) is 3.98. The molecule has 2 atom stereocenters. The Labute approximate surface area is 177 Å². The molecule has 2 unspecified atom stereocenters. The van der Waals surface area contributed by atoms with Gasteiger partial charge >= 0.3 is 0 Å². The highest BCUT2D eigenvalue weighted by atomic mass is 15.4. The molecule has 0 saturated carbocycles. The molecule has 1 aliphatic rings. The summed E-state index contributed by atoms with van der Waals surface area (Å²) in [5, 5.41) is 17.6. The maximum Gasteiger partial charge on any atom is 0.139 e. The highest BCUT2D eigenvalue weighted by Gasteiger charge is 2.18. The molecule has 7 heteroatoms. The van der Waals surface area contributed by atoms with E-state index in [1.54, 1.807) is 0 Å². The SMILES string of the molecule is CC=NC1C=CC(c2n[nH]c3ccc(-n4cc(C(CC)CCC)nn4)cc23)=CN1C. The molecule has 1 aliphatic heterocycles. The number of likely N-dealkylation sites (N-methyl/N-ethyl adjacent to an activating group) is 1. The highest BCUT2D eigenvalue weighted by Crippen LogP contribution is 2.29. The van der Waals surface area contributed by atoms with Crippen molar-refractivity contribution in [1.29, 1.82) is 0 Å². The second-order valence-electron chi connectivity index (χ2n) is 7.71. The quantitative estimate of drug-likeness (QED) is 0.581. The number of aromatic amines is 1. The zero-order valence-electron chi connectivity index (χ0n) is 18.1. The van der Waals surface area contributed by atoms with Gasteiger partial charge in [0.2, 0.25) is 0 Å². The van der Waals surface area contributed by atoms with E-state index in [1.165, 1.54) is 0 Å². The van der Waals surface area contributed by atoms with Gasteiger partial charge in [-0.25, -0.2) is 4.68 Å². The first-order chi connectivity index (χ1) is 14.6. The van der Waals surface area contributed by atoms with Crippen molar-refractivity contribution in [2.75, 3.05) is 7.05 Å². The van der Waals surface area contributed by atoms with Crippen molar-refractivity contribution in [2.24, 2.45) is 4.99 Å². The molecule has 3 heterocycles. The lowest BCUT2D eigenvalue weighted by Crippen LogP contribution is -2.25. The third-order valence-corrected chi connectivity index (χ3v) is 5.65. The first kappa shape index (κ1) is 20.1. The van der Waals surface area contributed by atoms with Crippen LogP contribution in [0.1, 0.15) is 57.3 Å². The molecular weight excluding hydrogens is 374 g/mol. The summed E-state index contributed by atoms with van der Waals surface area (Å²) in [7, 11) is 2.03. The van der Waals surface area contributed by atoms with E-state index in [2.05, 4.69) is 74.9 Å².